The van der Waals surface area contributed by atoms with Crippen molar-refractivity contribution in [3.05, 3.63) is 27.2 Å². The van der Waals surface area contributed by atoms with Crippen LogP contribution in [-0.2, 0) is 22.1 Å². The molecular formula is C12H16BrClN4O2S. The highest BCUT2D eigenvalue weighted by Gasteiger charge is 2.23. The summed E-state index contributed by atoms with van der Waals surface area (Å²) in [5, 5.41) is 8.71. The molecule has 0 aromatic carbocycles. The Bertz CT molecular complexity index is 795. The van der Waals surface area contributed by atoms with Crippen LogP contribution in [0.5, 0.6) is 0 Å². The van der Waals surface area contributed by atoms with Crippen molar-refractivity contribution >= 4 is 35.7 Å². The van der Waals surface area contributed by atoms with Gasteiger partial charge in [0.2, 0.25) is 0 Å². The number of halogens is 2. The summed E-state index contributed by atoms with van der Waals surface area (Å²) < 4.78 is 27.7. The van der Waals surface area contributed by atoms with Crippen LogP contribution in [0.3, 0.4) is 0 Å². The van der Waals surface area contributed by atoms with Crippen molar-refractivity contribution in [2.45, 2.75) is 45.7 Å². The molecule has 0 aliphatic rings. The zero-order valence-electron chi connectivity index (χ0n) is 12.2. The van der Waals surface area contributed by atoms with Gasteiger partial charge in [-0.1, -0.05) is 0 Å². The van der Waals surface area contributed by atoms with E-state index in [2.05, 4.69) is 26.1 Å². The molecule has 6 nitrogen and oxygen atoms in total. The number of aryl methyl sites for hydroxylation is 3. The van der Waals surface area contributed by atoms with Gasteiger partial charge in [0.1, 0.15) is 4.90 Å². The second kappa shape index (κ2) is 5.73. The lowest BCUT2D eigenvalue weighted by atomic mass is 10.3. The van der Waals surface area contributed by atoms with Crippen LogP contribution in [0.15, 0.2) is 9.37 Å². The molecule has 0 N–H and O–H groups in total. The Labute approximate surface area is 136 Å². The zero-order valence-corrected chi connectivity index (χ0v) is 15.3. The zero-order chi connectivity index (χ0) is 15.9. The fraction of sp³-hybridized carbons (Fsp3) is 0.500. The van der Waals surface area contributed by atoms with Crippen LogP contribution in [0.2, 0.25) is 0 Å². The lowest BCUT2D eigenvalue weighted by Gasteiger charge is -2.08. The molecule has 2 heterocycles. The van der Waals surface area contributed by atoms with Crippen molar-refractivity contribution in [1.82, 2.24) is 19.6 Å². The molecule has 0 saturated carbocycles. The van der Waals surface area contributed by atoms with Crippen LogP contribution in [0.25, 0.3) is 0 Å². The Kier molecular flexibility index (Phi) is 4.51. The Morgan fingerprint density at radius 1 is 1.14 bits per heavy atom. The van der Waals surface area contributed by atoms with E-state index in [1.165, 1.54) is 0 Å². The van der Waals surface area contributed by atoms with Crippen molar-refractivity contribution < 1.29 is 8.42 Å². The van der Waals surface area contributed by atoms with Crippen molar-refractivity contribution in [1.29, 1.82) is 0 Å². The second-order valence-electron chi connectivity index (χ2n) is 4.76. The molecular weight excluding hydrogens is 380 g/mol. The summed E-state index contributed by atoms with van der Waals surface area (Å²) in [6.45, 7) is 8.39. The summed E-state index contributed by atoms with van der Waals surface area (Å²) in [5.41, 5.74) is 2.76. The average molecular weight is 396 g/mol. The average Bonchev–Trinajstić information content (AvgIpc) is 2.80. The SMILES string of the molecule is CCn1nc(C)c(Br)c1Cn1nc(C)c(S(=O)(=O)Cl)c1C. The molecule has 0 bridgehead atoms. The number of nitrogens with zero attached hydrogens (tertiary/aromatic N) is 4. The van der Waals surface area contributed by atoms with Crippen molar-refractivity contribution in [2.24, 2.45) is 0 Å². The van der Waals surface area contributed by atoms with Crippen LogP contribution in [-0.4, -0.2) is 28.0 Å². The Hall–Kier alpha value is -0.860. The maximum absolute atomic E-state index is 11.6. The number of hydrogen-bond donors (Lipinski definition) is 0. The molecule has 2 rings (SSSR count). The topological polar surface area (TPSA) is 69.8 Å². The molecule has 0 amide bonds. The van der Waals surface area contributed by atoms with Gasteiger partial charge in [0, 0.05) is 17.2 Å². The van der Waals surface area contributed by atoms with Crippen molar-refractivity contribution in [3.63, 3.8) is 0 Å². The molecule has 21 heavy (non-hydrogen) atoms. The fourth-order valence-corrected chi connectivity index (χ4v) is 4.28. The van der Waals surface area contributed by atoms with E-state index in [1.54, 1.807) is 18.5 Å². The molecule has 2 aromatic heterocycles. The molecule has 0 unspecified atom stereocenters. The third-order valence-electron chi connectivity index (χ3n) is 3.31. The Morgan fingerprint density at radius 2 is 1.71 bits per heavy atom. The minimum atomic E-state index is -3.80. The first kappa shape index (κ1) is 16.5. The van der Waals surface area contributed by atoms with E-state index < -0.39 is 9.05 Å². The monoisotopic (exact) mass is 394 g/mol. The van der Waals surface area contributed by atoms with Gasteiger partial charge >= 0.3 is 0 Å². The summed E-state index contributed by atoms with van der Waals surface area (Å²) in [4.78, 5) is 0.0829. The van der Waals surface area contributed by atoms with Crippen LogP contribution >= 0.6 is 26.6 Å². The predicted molar refractivity (Wildman–Crippen MR) is 84.2 cm³/mol. The molecule has 0 fully saturated rings. The number of rotatable bonds is 4. The van der Waals surface area contributed by atoms with Gasteiger partial charge < -0.3 is 0 Å². The highest BCUT2D eigenvalue weighted by atomic mass is 79.9. The van der Waals surface area contributed by atoms with E-state index in [0.29, 0.717) is 17.9 Å². The highest BCUT2D eigenvalue weighted by molar-refractivity contribution is 9.10. The second-order valence-corrected chi connectivity index (χ2v) is 8.05. The predicted octanol–water partition coefficient (Wildman–Crippen LogP) is 2.76. The van der Waals surface area contributed by atoms with Crippen LogP contribution in [0.4, 0.5) is 0 Å². The quantitative estimate of drug-likeness (QED) is 0.746. The van der Waals surface area contributed by atoms with E-state index in [4.69, 9.17) is 10.7 Å². The van der Waals surface area contributed by atoms with Gasteiger partial charge in [-0.05, 0) is 43.6 Å². The molecule has 0 aliphatic heterocycles. The van der Waals surface area contributed by atoms with Gasteiger partial charge in [-0.15, -0.1) is 0 Å². The number of hydrogen-bond acceptors (Lipinski definition) is 4. The van der Waals surface area contributed by atoms with Gasteiger partial charge in [-0.3, -0.25) is 9.36 Å². The first-order valence-electron chi connectivity index (χ1n) is 6.37. The lowest BCUT2D eigenvalue weighted by Crippen LogP contribution is -2.11. The molecule has 9 heteroatoms. The van der Waals surface area contributed by atoms with Crippen LogP contribution in [0.1, 0.15) is 29.7 Å². The summed E-state index contributed by atoms with van der Waals surface area (Å²) >= 11 is 3.52. The van der Waals surface area contributed by atoms with Crippen LogP contribution in [0, 0.1) is 20.8 Å². The Morgan fingerprint density at radius 3 is 2.19 bits per heavy atom. The molecule has 0 aliphatic carbocycles. The Balaban J connectivity index is 2.52. The highest BCUT2D eigenvalue weighted by Crippen LogP contribution is 2.26. The summed E-state index contributed by atoms with van der Waals surface area (Å²) in [6.07, 6.45) is 0. The van der Waals surface area contributed by atoms with Gasteiger partial charge in [0.15, 0.2) is 0 Å². The molecule has 0 saturated heterocycles. The van der Waals surface area contributed by atoms with Crippen LogP contribution < -0.4 is 0 Å². The van der Waals surface area contributed by atoms with E-state index in [1.807, 2.05) is 18.5 Å². The summed E-state index contributed by atoms with van der Waals surface area (Å²) in [5.74, 6) is 0. The fourth-order valence-electron chi connectivity index (χ4n) is 2.35. The van der Waals surface area contributed by atoms with E-state index >= 15 is 0 Å². The van der Waals surface area contributed by atoms with E-state index in [0.717, 1.165) is 22.4 Å². The largest absolute Gasteiger partial charge is 0.267 e. The summed E-state index contributed by atoms with van der Waals surface area (Å²) in [6, 6.07) is 0. The van der Waals surface area contributed by atoms with Crippen molar-refractivity contribution in [2.75, 3.05) is 0 Å². The minimum absolute atomic E-state index is 0.0829. The smallest absolute Gasteiger partial charge is 0.264 e. The third-order valence-corrected chi connectivity index (χ3v) is 5.88. The maximum atomic E-state index is 11.6. The first-order chi connectivity index (χ1) is 9.66. The summed E-state index contributed by atoms with van der Waals surface area (Å²) in [7, 11) is 1.67. The minimum Gasteiger partial charge on any atom is -0.267 e. The number of aromatic nitrogens is 4. The molecule has 0 atom stereocenters. The first-order valence-corrected chi connectivity index (χ1v) is 9.47. The standard InChI is InChI=1S/C12H16BrClN4O2S/c1-5-17-10(11(13)7(2)15-17)6-18-9(4)12(8(3)16-18)21(14,19)20/h5-6H2,1-4H3. The van der Waals surface area contributed by atoms with Gasteiger partial charge in [0.05, 0.1) is 33.8 Å². The molecule has 116 valence electrons. The maximum Gasteiger partial charge on any atom is 0.264 e. The van der Waals surface area contributed by atoms with Gasteiger partial charge in [-0.2, -0.15) is 10.2 Å². The molecule has 0 radical (unpaired) electrons. The van der Waals surface area contributed by atoms with Crippen molar-refractivity contribution in [3.8, 4) is 0 Å². The van der Waals surface area contributed by atoms with E-state index in [-0.39, 0.29) is 4.90 Å². The van der Waals surface area contributed by atoms with Gasteiger partial charge in [-0.25, -0.2) is 8.42 Å². The van der Waals surface area contributed by atoms with Gasteiger partial charge in [0.25, 0.3) is 9.05 Å². The lowest BCUT2D eigenvalue weighted by molar-refractivity contribution is 0.564. The third kappa shape index (κ3) is 3.02. The molecule has 2 aromatic rings. The molecule has 0 spiro atoms. The van der Waals surface area contributed by atoms with E-state index in [9.17, 15) is 8.42 Å². The normalized spacial score (nSPS) is 12.1.